The smallest absolute Gasteiger partial charge is 0.243 e. The molecule has 0 atom stereocenters. The molecule has 1 fully saturated rings. The topological polar surface area (TPSA) is 78.5 Å². The van der Waals surface area contributed by atoms with Crippen molar-refractivity contribution in [2.24, 2.45) is 0 Å². The van der Waals surface area contributed by atoms with E-state index in [4.69, 9.17) is 0 Å². The predicted octanol–water partition coefficient (Wildman–Crippen LogP) is -0.151. The van der Waals surface area contributed by atoms with Crippen molar-refractivity contribution in [3.63, 3.8) is 0 Å². The Labute approximate surface area is 106 Å². The van der Waals surface area contributed by atoms with Crippen LogP contribution in [0.15, 0.2) is 29.2 Å². The van der Waals surface area contributed by atoms with Crippen LogP contribution in [0.4, 0.5) is 5.69 Å². The summed E-state index contributed by atoms with van der Waals surface area (Å²) in [5.41, 5.74) is 0.573. The Bertz CT molecular complexity index is 507. The van der Waals surface area contributed by atoms with Gasteiger partial charge in [0.05, 0.1) is 4.90 Å². The van der Waals surface area contributed by atoms with Crippen LogP contribution < -0.4 is 10.6 Å². The first kappa shape index (κ1) is 13.0. The number of sulfonamides is 1. The Morgan fingerprint density at radius 3 is 2.33 bits per heavy atom. The molecule has 0 aliphatic carbocycles. The number of carbonyl (C=O) groups is 1. The quantitative estimate of drug-likeness (QED) is 0.745. The molecular formula is C11H15N3O3S. The number of carbonyl (C=O) groups excluding carboxylic acids is 1. The van der Waals surface area contributed by atoms with Gasteiger partial charge in [0.25, 0.3) is 0 Å². The Balaban J connectivity index is 2.20. The van der Waals surface area contributed by atoms with Gasteiger partial charge in [-0.1, -0.05) is 0 Å². The summed E-state index contributed by atoms with van der Waals surface area (Å²) in [6, 6.07) is 6.15. The van der Waals surface area contributed by atoms with Crippen molar-refractivity contribution in [2.75, 3.05) is 31.5 Å². The molecule has 6 nitrogen and oxygen atoms in total. The number of anilines is 1. The number of amides is 1. The van der Waals surface area contributed by atoms with E-state index in [2.05, 4.69) is 10.6 Å². The first-order valence-corrected chi connectivity index (χ1v) is 7.10. The number of nitrogens with zero attached hydrogens (tertiary/aromatic N) is 1. The molecule has 98 valence electrons. The van der Waals surface area contributed by atoms with E-state index in [-0.39, 0.29) is 4.90 Å². The normalized spacial score (nSPS) is 17.3. The van der Waals surface area contributed by atoms with Crippen LogP contribution >= 0.6 is 0 Å². The van der Waals surface area contributed by atoms with E-state index in [1.54, 1.807) is 12.1 Å². The molecule has 1 amide bonds. The largest absolute Gasteiger partial charge is 0.329 e. The number of nitrogens with one attached hydrogen (secondary N) is 2. The van der Waals surface area contributed by atoms with E-state index in [9.17, 15) is 13.2 Å². The van der Waals surface area contributed by atoms with E-state index >= 15 is 0 Å². The van der Waals surface area contributed by atoms with Crippen LogP contribution in [0.1, 0.15) is 0 Å². The van der Waals surface area contributed by atoms with Gasteiger partial charge >= 0.3 is 0 Å². The van der Waals surface area contributed by atoms with Crippen LogP contribution in [0.5, 0.6) is 0 Å². The maximum atomic E-state index is 12.3. The van der Waals surface area contributed by atoms with Crippen LogP contribution in [0.3, 0.4) is 0 Å². The van der Waals surface area contributed by atoms with Crippen molar-refractivity contribution in [1.29, 1.82) is 0 Å². The maximum absolute atomic E-state index is 12.3. The molecule has 0 saturated carbocycles. The summed E-state index contributed by atoms with van der Waals surface area (Å²) in [5.74, 6) is 0. The molecule has 0 aromatic heterocycles. The molecule has 18 heavy (non-hydrogen) atoms. The van der Waals surface area contributed by atoms with Gasteiger partial charge in [0.15, 0.2) is 0 Å². The Hall–Kier alpha value is -1.44. The van der Waals surface area contributed by atoms with Crippen molar-refractivity contribution in [1.82, 2.24) is 9.62 Å². The fourth-order valence-electron chi connectivity index (χ4n) is 1.82. The zero-order valence-electron chi connectivity index (χ0n) is 9.80. The van der Waals surface area contributed by atoms with E-state index in [0.717, 1.165) is 0 Å². The third kappa shape index (κ3) is 2.69. The number of rotatable bonds is 4. The zero-order valence-corrected chi connectivity index (χ0v) is 10.6. The first-order chi connectivity index (χ1) is 8.64. The minimum atomic E-state index is -3.42. The van der Waals surface area contributed by atoms with Crippen LogP contribution in [0, 0.1) is 0 Å². The van der Waals surface area contributed by atoms with Crippen molar-refractivity contribution >= 4 is 22.1 Å². The lowest BCUT2D eigenvalue weighted by Crippen LogP contribution is -2.46. The summed E-state index contributed by atoms with van der Waals surface area (Å²) < 4.78 is 26.0. The maximum Gasteiger partial charge on any atom is 0.243 e. The molecule has 1 heterocycles. The minimum absolute atomic E-state index is 0.251. The highest BCUT2D eigenvalue weighted by Gasteiger charge is 2.25. The summed E-state index contributed by atoms with van der Waals surface area (Å²) in [7, 11) is -3.42. The lowest BCUT2D eigenvalue weighted by atomic mass is 10.3. The highest BCUT2D eigenvalue weighted by atomic mass is 32.2. The molecule has 1 aliphatic rings. The average molecular weight is 269 g/mol. The van der Waals surface area contributed by atoms with E-state index in [1.807, 2.05) is 0 Å². The van der Waals surface area contributed by atoms with Gasteiger partial charge < -0.3 is 10.6 Å². The van der Waals surface area contributed by atoms with Crippen LogP contribution in [-0.4, -0.2) is 45.3 Å². The third-order valence-electron chi connectivity index (χ3n) is 2.79. The summed E-state index contributed by atoms with van der Waals surface area (Å²) in [4.78, 5) is 10.5. The van der Waals surface area contributed by atoms with Crippen molar-refractivity contribution < 1.29 is 13.2 Å². The summed E-state index contributed by atoms with van der Waals surface area (Å²) in [6.45, 7) is 2.31. The highest BCUT2D eigenvalue weighted by molar-refractivity contribution is 7.89. The molecule has 0 bridgehead atoms. The second-order valence-corrected chi connectivity index (χ2v) is 5.88. The monoisotopic (exact) mass is 269 g/mol. The number of hydrogen-bond acceptors (Lipinski definition) is 4. The second kappa shape index (κ2) is 5.47. The molecule has 0 radical (unpaired) electrons. The fourth-order valence-corrected chi connectivity index (χ4v) is 3.27. The molecule has 0 unspecified atom stereocenters. The van der Waals surface area contributed by atoms with Gasteiger partial charge in [0.1, 0.15) is 0 Å². The van der Waals surface area contributed by atoms with Crippen LogP contribution in [-0.2, 0) is 14.8 Å². The summed E-state index contributed by atoms with van der Waals surface area (Å²) in [6.07, 6.45) is 0.555. The average Bonchev–Trinajstić information content (AvgIpc) is 2.41. The van der Waals surface area contributed by atoms with Gasteiger partial charge in [-0.25, -0.2) is 8.42 Å². The number of benzene rings is 1. The Morgan fingerprint density at radius 1 is 1.17 bits per heavy atom. The molecule has 1 aromatic carbocycles. The Morgan fingerprint density at radius 2 is 1.78 bits per heavy atom. The van der Waals surface area contributed by atoms with Gasteiger partial charge in [-0.15, -0.1) is 0 Å². The molecule has 2 rings (SSSR count). The first-order valence-electron chi connectivity index (χ1n) is 5.66. The molecule has 1 saturated heterocycles. The van der Waals surface area contributed by atoms with Gasteiger partial charge in [-0.3, -0.25) is 4.79 Å². The lowest BCUT2D eigenvalue weighted by molar-refractivity contribution is -0.105. The third-order valence-corrected chi connectivity index (χ3v) is 4.71. The van der Waals surface area contributed by atoms with E-state index in [0.29, 0.717) is 38.3 Å². The fraction of sp³-hybridized carbons (Fsp3) is 0.364. The van der Waals surface area contributed by atoms with Crippen LogP contribution in [0.2, 0.25) is 0 Å². The number of piperazine rings is 1. The highest BCUT2D eigenvalue weighted by Crippen LogP contribution is 2.18. The molecule has 7 heteroatoms. The van der Waals surface area contributed by atoms with Gasteiger partial charge in [0, 0.05) is 31.9 Å². The van der Waals surface area contributed by atoms with Gasteiger partial charge in [0.2, 0.25) is 16.4 Å². The van der Waals surface area contributed by atoms with Gasteiger partial charge in [-0.2, -0.15) is 4.31 Å². The molecule has 2 N–H and O–H groups in total. The standard InChI is InChI=1S/C11H15N3O3S/c15-9-13-10-1-3-11(4-2-10)18(16,17)14-7-5-12-6-8-14/h1-4,9,12H,5-8H2,(H,13,15). The van der Waals surface area contributed by atoms with E-state index in [1.165, 1.54) is 16.4 Å². The second-order valence-electron chi connectivity index (χ2n) is 3.94. The Kier molecular flexibility index (Phi) is 3.95. The molecule has 1 aromatic rings. The SMILES string of the molecule is O=CNc1ccc(S(=O)(=O)N2CCNCC2)cc1. The number of hydrogen-bond donors (Lipinski definition) is 2. The molecular weight excluding hydrogens is 254 g/mol. The van der Waals surface area contributed by atoms with E-state index < -0.39 is 10.0 Å². The minimum Gasteiger partial charge on any atom is -0.329 e. The molecule has 1 aliphatic heterocycles. The molecule has 0 spiro atoms. The lowest BCUT2D eigenvalue weighted by Gasteiger charge is -2.26. The van der Waals surface area contributed by atoms with Crippen molar-refractivity contribution in [2.45, 2.75) is 4.90 Å². The van der Waals surface area contributed by atoms with Crippen molar-refractivity contribution in [3.05, 3.63) is 24.3 Å². The summed E-state index contributed by atoms with van der Waals surface area (Å²) >= 11 is 0. The summed E-state index contributed by atoms with van der Waals surface area (Å²) in [5, 5.41) is 5.58. The van der Waals surface area contributed by atoms with Gasteiger partial charge in [-0.05, 0) is 24.3 Å². The zero-order chi connectivity index (χ0) is 13.0. The van der Waals surface area contributed by atoms with Crippen molar-refractivity contribution in [3.8, 4) is 0 Å². The van der Waals surface area contributed by atoms with Crippen LogP contribution in [0.25, 0.3) is 0 Å². The predicted molar refractivity (Wildman–Crippen MR) is 67.8 cm³/mol.